The quantitative estimate of drug-likeness (QED) is 0.591. The van der Waals surface area contributed by atoms with E-state index >= 15 is 0 Å². The second kappa shape index (κ2) is 3.80. The van der Waals surface area contributed by atoms with E-state index in [1.54, 1.807) is 17.0 Å². The Morgan fingerprint density at radius 3 is 2.33 bits per heavy atom. The highest BCUT2D eigenvalue weighted by atomic mass is 16.4. The van der Waals surface area contributed by atoms with Gasteiger partial charge in [0, 0.05) is 30.3 Å². The van der Waals surface area contributed by atoms with Crippen LogP contribution < -0.4 is 5.46 Å². The average molecular weight is 204 g/mol. The lowest BCUT2D eigenvalue weighted by Crippen LogP contribution is -2.30. The molecule has 76 valence electrons. The van der Waals surface area contributed by atoms with Gasteiger partial charge in [0.15, 0.2) is 0 Å². The number of aryl methyl sites for hydroxylation is 1. The summed E-state index contributed by atoms with van der Waals surface area (Å²) in [6.45, 7) is 1.83. The molecule has 0 saturated carbocycles. The maximum absolute atomic E-state index is 8.86. The van der Waals surface area contributed by atoms with Gasteiger partial charge in [-0.25, -0.2) is 15.0 Å². The number of hydrogen-bond acceptors (Lipinski definition) is 5. The summed E-state index contributed by atoms with van der Waals surface area (Å²) in [6, 6.07) is 0. The Kier molecular flexibility index (Phi) is 2.48. The van der Waals surface area contributed by atoms with Crippen LogP contribution in [0.1, 0.15) is 5.82 Å². The molecule has 0 radical (unpaired) electrons. The van der Waals surface area contributed by atoms with E-state index in [0.717, 1.165) is 5.82 Å². The number of nitrogens with zero attached hydrogens (tertiary/aromatic N) is 4. The lowest BCUT2D eigenvalue weighted by molar-refractivity contribution is 0.425. The van der Waals surface area contributed by atoms with Crippen molar-refractivity contribution >= 4 is 12.6 Å². The highest BCUT2D eigenvalue weighted by Crippen LogP contribution is 2.01. The first-order valence-electron chi connectivity index (χ1n) is 4.37. The van der Waals surface area contributed by atoms with Gasteiger partial charge in [-0.1, -0.05) is 0 Å². The Bertz CT molecular complexity index is 454. The molecule has 0 spiro atoms. The Hall–Kier alpha value is -1.73. The molecule has 6 nitrogen and oxygen atoms in total. The zero-order valence-electron chi connectivity index (χ0n) is 8.07. The number of hydrogen-bond donors (Lipinski definition) is 2. The van der Waals surface area contributed by atoms with Crippen molar-refractivity contribution in [2.45, 2.75) is 6.92 Å². The molecule has 2 heterocycles. The maximum Gasteiger partial charge on any atom is 0.491 e. The SMILES string of the molecule is Cc1nccn1-c1ncc(B(O)O)cn1. The molecule has 0 unspecified atom stereocenters. The van der Waals surface area contributed by atoms with E-state index in [-0.39, 0.29) is 5.46 Å². The molecule has 0 aliphatic rings. The molecule has 7 heteroatoms. The van der Waals surface area contributed by atoms with Crippen molar-refractivity contribution in [1.82, 2.24) is 19.5 Å². The maximum atomic E-state index is 8.86. The molecule has 15 heavy (non-hydrogen) atoms. The Labute approximate surface area is 86.4 Å². The molecule has 2 aromatic heterocycles. The molecule has 0 saturated heterocycles. The molecular formula is C8H9BN4O2. The first kappa shape index (κ1) is 9.82. The molecule has 0 aromatic carbocycles. The van der Waals surface area contributed by atoms with Crippen molar-refractivity contribution < 1.29 is 10.0 Å². The summed E-state index contributed by atoms with van der Waals surface area (Å²) < 4.78 is 1.70. The third-order valence-electron chi connectivity index (χ3n) is 2.00. The van der Waals surface area contributed by atoms with Crippen molar-refractivity contribution in [3.8, 4) is 5.95 Å². The molecule has 2 aromatic rings. The van der Waals surface area contributed by atoms with Crippen molar-refractivity contribution in [3.05, 3.63) is 30.6 Å². The Morgan fingerprint density at radius 1 is 1.20 bits per heavy atom. The molecule has 2 N–H and O–H groups in total. The van der Waals surface area contributed by atoms with Crippen LogP contribution >= 0.6 is 0 Å². The lowest BCUT2D eigenvalue weighted by Gasteiger charge is -2.03. The van der Waals surface area contributed by atoms with E-state index in [4.69, 9.17) is 10.0 Å². The lowest BCUT2D eigenvalue weighted by atomic mass is 9.83. The van der Waals surface area contributed by atoms with Gasteiger partial charge in [-0.2, -0.15) is 0 Å². The predicted octanol–water partition coefficient (Wildman–Crippen LogP) is -1.35. The summed E-state index contributed by atoms with van der Waals surface area (Å²) in [4.78, 5) is 12.0. The monoisotopic (exact) mass is 204 g/mol. The minimum absolute atomic E-state index is 0.261. The van der Waals surface area contributed by atoms with Crippen LogP contribution in [0, 0.1) is 6.92 Å². The first-order valence-corrected chi connectivity index (χ1v) is 4.37. The minimum Gasteiger partial charge on any atom is -0.423 e. The van der Waals surface area contributed by atoms with Crippen LogP contribution in [-0.4, -0.2) is 36.7 Å². The van der Waals surface area contributed by atoms with Gasteiger partial charge in [0.2, 0.25) is 5.95 Å². The van der Waals surface area contributed by atoms with Crippen LogP contribution in [-0.2, 0) is 0 Å². The topological polar surface area (TPSA) is 84.1 Å². The molecule has 0 amide bonds. The fourth-order valence-corrected chi connectivity index (χ4v) is 1.18. The number of imidazole rings is 1. The zero-order chi connectivity index (χ0) is 10.8. The second-order valence-electron chi connectivity index (χ2n) is 3.03. The molecule has 0 fully saturated rings. The molecule has 2 rings (SSSR count). The predicted molar refractivity (Wildman–Crippen MR) is 53.7 cm³/mol. The first-order chi connectivity index (χ1) is 7.18. The van der Waals surface area contributed by atoms with Gasteiger partial charge in [-0.05, 0) is 6.92 Å². The summed E-state index contributed by atoms with van der Waals surface area (Å²) in [6.07, 6.45) is 6.12. The fourth-order valence-electron chi connectivity index (χ4n) is 1.18. The van der Waals surface area contributed by atoms with Crippen LogP contribution in [0.3, 0.4) is 0 Å². The Balaban J connectivity index is 2.36. The molecule has 0 aliphatic heterocycles. The van der Waals surface area contributed by atoms with E-state index in [2.05, 4.69) is 15.0 Å². The van der Waals surface area contributed by atoms with Crippen molar-refractivity contribution in [2.24, 2.45) is 0 Å². The third-order valence-corrected chi connectivity index (χ3v) is 2.00. The van der Waals surface area contributed by atoms with Gasteiger partial charge in [0.05, 0.1) is 0 Å². The van der Waals surface area contributed by atoms with Crippen LogP contribution in [0.25, 0.3) is 5.95 Å². The summed E-state index contributed by atoms with van der Waals surface area (Å²) in [5.41, 5.74) is 0.261. The highest BCUT2D eigenvalue weighted by molar-refractivity contribution is 6.58. The second-order valence-corrected chi connectivity index (χ2v) is 3.03. The van der Waals surface area contributed by atoms with Crippen molar-refractivity contribution in [3.63, 3.8) is 0 Å². The highest BCUT2D eigenvalue weighted by Gasteiger charge is 2.12. The Morgan fingerprint density at radius 2 is 1.87 bits per heavy atom. The van der Waals surface area contributed by atoms with Gasteiger partial charge in [0.25, 0.3) is 0 Å². The van der Waals surface area contributed by atoms with Gasteiger partial charge in [-0.15, -0.1) is 0 Å². The average Bonchev–Trinajstić information content (AvgIpc) is 2.65. The van der Waals surface area contributed by atoms with Crippen LogP contribution in [0.5, 0.6) is 0 Å². The number of aromatic nitrogens is 4. The van der Waals surface area contributed by atoms with Crippen LogP contribution in [0.2, 0.25) is 0 Å². The van der Waals surface area contributed by atoms with Gasteiger partial charge in [-0.3, -0.25) is 4.57 Å². The smallest absolute Gasteiger partial charge is 0.423 e. The van der Waals surface area contributed by atoms with Gasteiger partial charge < -0.3 is 10.0 Å². The van der Waals surface area contributed by atoms with E-state index < -0.39 is 7.12 Å². The van der Waals surface area contributed by atoms with Crippen molar-refractivity contribution in [1.29, 1.82) is 0 Å². The fraction of sp³-hybridized carbons (Fsp3) is 0.125. The summed E-state index contributed by atoms with van der Waals surface area (Å²) in [5.74, 6) is 1.22. The van der Waals surface area contributed by atoms with E-state index in [0.29, 0.717) is 5.95 Å². The summed E-state index contributed by atoms with van der Waals surface area (Å²) in [7, 11) is -1.54. The van der Waals surface area contributed by atoms with Crippen molar-refractivity contribution in [2.75, 3.05) is 0 Å². The summed E-state index contributed by atoms with van der Waals surface area (Å²) in [5, 5.41) is 17.7. The minimum atomic E-state index is -1.54. The standard InChI is InChI=1S/C8H9BN4O2/c1-6-10-2-3-13(6)8-11-4-7(5-12-8)9(14)15/h2-5,14-15H,1H3. The van der Waals surface area contributed by atoms with E-state index in [9.17, 15) is 0 Å². The van der Waals surface area contributed by atoms with Gasteiger partial charge >= 0.3 is 7.12 Å². The van der Waals surface area contributed by atoms with Gasteiger partial charge in [0.1, 0.15) is 5.82 Å². The molecule has 0 atom stereocenters. The van der Waals surface area contributed by atoms with E-state index in [1.165, 1.54) is 12.4 Å². The molecule has 0 aliphatic carbocycles. The molecular weight excluding hydrogens is 195 g/mol. The molecule has 0 bridgehead atoms. The van der Waals surface area contributed by atoms with Crippen LogP contribution in [0.4, 0.5) is 0 Å². The number of rotatable bonds is 2. The van der Waals surface area contributed by atoms with E-state index in [1.807, 2.05) is 6.92 Å². The largest absolute Gasteiger partial charge is 0.491 e. The van der Waals surface area contributed by atoms with Crippen LogP contribution in [0.15, 0.2) is 24.8 Å². The third kappa shape index (κ3) is 1.88. The zero-order valence-corrected chi connectivity index (χ0v) is 8.07. The summed E-state index contributed by atoms with van der Waals surface area (Å²) >= 11 is 0. The normalized spacial score (nSPS) is 10.3.